The van der Waals surface area contributed by atoms with Crippen LogP contribution in [0.3, 0.4) is 0 Å². The van der Waals surface area contributed by atoms with Gasteiger partial charge in [-0.2, -0.15) is 0 Å². The number of amides is 1. The molecule has 31 heavy (non-hydrogen) atoms. The smallest absolute Gasteiger partial charge is 0.407 e. The van der Waals surface area contributed by atoms with Gasteiger partial charge in [0.25, 0.3) is 0 Å². The minimum atomic E-state index is -0.512. The lowest BCUT2D eigenvalue weighted by Crippen LogP contribution is -2.41. The molecule has 1 aliphatic rings. The molecule has 0 saturated heterocycles. The molecule has 0 bridgehead atoms. The maximum atomic E-state index is 12.2. The first-order valence-corrected chi connectivity index (χ1v) is 11.1. The van der Waals surface area contributed by atoms with E-state index in [1.54, 1.807) is 18.4 Å². The maximum Gasteiger partial charge on any atom is 0.407 e. The lowest BCUT2D eigenvalue weighted by molar-refractivity contribution is 0.0499. The SMILES string of the molecule is COCOc1ccccc1-c1cc2c3c(sc2nn1)CCC(NC(=O)OC(C)(C)C)C3. The van der Waals surface area contributed by atoms with Crippen LogP contribution < -0.4 is 10.1 Å². The molecule has 0 fully saturated rings. The number of nitrogens with zero attached hydrogens (tertiary/aromatic N) is 2. The largest absolute Gasteiger partial charge is 0.467 e. The molecule has 2 heterocycles. The van der Waals surface area contributed by atoms with Crippen LogP contribution >= 0.6 is 11.3 Å². The van der Waals surface area contributed by atoms with Gasteiger partial charge in [-0.3, -0.25) is 0 Å². The summed E-state index contributed by atoms with van der Waals surface area (Å²) >= 11 is 1.68. The highest BCUT2D eigenvalue weighted by molar-refractivity contribution is 7.18. The van der Waals surface area contributed by atoms with Crippen molar-refractivity contribution in [3.63, 3.8) is 0 Å². The van der Waals surface area contributed by atoms with Gasteiger partial charge in [-0.25, -0.2) is 4.79 Å². The molecule has 0 saturated carbocycles. The zero-order valence-corrected chi connectivity index (χ0v) is 19.0. The van der Waals surface area contributed by atoms with Crippen molar-refractivity contribution >= 4 is 27.6 Å². The minimum absolute atomic E-state index is 0.0362. The molecule has 8 heteroatoms. The lowest BCUT2D eigenvalue weighted by atomic mass is 9.92. The topological polar surface area (TPSA) is 82.6 Å². The number of thiophene rings is 1. The molecule has 7 nitrogen and oxygen atoms in total. The number of ether oxygens (including phenoxy) is 3. The summed E-state index contributed by atoms with van der Waals surface area (Å²) in [4.78, 5) is 14.5. The Hall–Kier alpha value is -2.71. The third-order valence-corrected chi connectivity index (χ3v) is 6.22. The highest BCUT2D eigenvalue weighted by atomic mass is 32.1. The average molecular weight is 442 g/mol. The molecule has 1 amide bonds. The van der Waals surface area contributed by atoms with Crippen LogP contribution in [0, 0.1) is 0 Å². The Balaban J connectivity index is 1.61. The number of hydrogen-bond donors (Lipinski definition) is 1. The normalized spacial score (nSPS) is 16.1. The van der Waals surface area contributed by atoms with Crippen LogP contribution in [0.2, 0.25) is 0 Å². The molecule has 4 rings (SSSR count). The molecule has 164 valence electrons. The number of fused-ring (bicyclic) bond motifs is 3. The summed E-state index contributed by atoms with van der Waals surface area (Å²) in [5.74, 6) is 0.701. The quantitative estimate of drug-likeness (QED) is 0.577. The first-order valence-electron chi connectivity index (χ1n) is 10.3. The van der Waals surface area contributed by atoms with E-state index < -0.39 is 5.60 Å². The van der Waals surface area contributed by atoms with Gasteiger partial charge in [0.2, 0.25) is 0 Å². The summed E-state index contributed by atoms with van der Waals surface area (Å²) in [5.41, 5.74) is 2.34. The number of para-hydroxylation sites is 1. The van der Waals surface area contributed by atoms with E-state index in [0.717, 1.165) is 40.7 Å². The van der Waals surface area contributed by atoms with E-state index in [4.69, 9.17) is 14.2 Å². The van der Waals surface area contributed by atoms with Gasteiger partial charge < -0.3 is 19.5 Å². The second-order valence-electron chi connectivity index (χ2n) is 8.59. The first kappa shape index (κ1) is 21.5. The maximum absolute atomic E-state index is 12.2. The Morgan fingerprint density at radius 2 is 2.06 bits per heavy atom. The lowest BCUT2D eigenvalue weighted by Gasteiger charge is -2.26. The third-order valence-electron chi connectivity index (χ3n) is 5.03. The van der Waals surface area contributed by atoms with Gasteiger partial charge >= 0.3 is 6.09 Å². The second kappa shape index (κ2) is 8.80. The summed E-state index contributed by atoms with van der Waals surface area (Å²) in [6, 6.07) is 9.83. The molecule has 2 aromatic heterocycles. The number of benzene rings is 1. The van der Waals surface area contributed by atoms with Crippen molar-refractivity contribution in [2.24, 2.45) is 0 Å². The van der Waals surface area contributed by atoms with Gasteiger partial charge in [-0.05, 0) is 63.8 Å². The molecular weight excluding hydrogens is 414 g/mol. The van der Waals surface area contributed by atoms with E-state index in [0.29, 0.717) is 5.75 Å². The van der Waals surface area contributed by atoms with Crippen molar-refractivity contribution in [1.82, 2.24) is 15.5 Å². The van der Waals surface area contributed by atoms with Crippen molar-refractivity contribution < 1.29 is 19.0 Å². The van der Waals surface area contributed by atoms with Crippen LogP contribution in [0.4, 0.5) is 4.79 Å². The van der Waals surface area contributed by atoms with Crippen LogP contribution in [0.25, 0.3) is 21.5 Å². The van der Waals surface area contributed by atoms with Gasteiger partial charge in [0.1, 0.15) is 16.2 Å². The van der Waals surface area contributed by atoms with Crippen LogP contribution in [-0.2, 0) is 22.3 Å². The highest BCUT2D eigenvalue weighted by Crippen LogP contribution is 2.38. The molecule has 3 aromatic rings. The molecule has 1 aliphatic carbocycles. The van der Waals surface area contributed by atoms with E-state index >= 15 is 0 Å². The number of methoxy groups -OCH3 is 1. The number of carbonyl (C=O) groups excluding carboxylic acids is 1. The molecule has 0 radical (unpaired) electrons. The van der Waals surface area contributed by atoms with Crippen molar-refractivity contribution in [1.29, 1.82) is 0 Å². The zero-order valence-electron chi connectivity index (χ0n) is 18.2. The standard InChI is InChI=1S/C23H27N3O4S/c1-23(2,3)30-22(27)24-14-9-10-20-16(11-14)17-12-18(25-26-21(17)31-20)15-7-5-6-8-19(15)29-13-28-4/h5-8,12,14H,9-11,13H2,1-4H3,(H,24,27). The van der Waals surface area contributed by atoms with Gasteiger partial charge in [-0.15, -0.1) is 21.5 Å². The number of hydrogen-bond acceptors (Lipinski definition) is 7. The fraction of sp³-hybridized carbons (Fsp3) is 0.435. The Labute approximate surface area is 185 Å². The summed E-state index contributed by atoms with van der Waals surface area (Å²) in [6.07, 6.45) is 2.17. The van der Waals surface area contributed by atoms with Gasteiger partial charge in [0.05, 0.1) is 5.69 Å². The monoisotopic (exact) mass is 441 g/mol. The predicted octanol–water partition coefficient (Wildman–Crippen LogP) is 4.72. The molecule has 1 unspecified atom stereocenters. The van der Waals surface area contributed by atoms with Crippen molar-refractivity contribution in [2.75, 3.05) is 13.9 Å². The Bertz CT molecular complexity index is 1090. The molecular formula is C23H27N3O4S. The Kier molecular flexibility index (Phi) is 6.11. The second-order valence-corrected chi connectivity index (χ2v) is 9.67. The van der Waals surface area contributed by atoms with Gasteiger partial charge in [0, 0.05) is 29.0 Å². The van der Waals surface area contributed by atoms with E-state index in [2.05, 4.69) is 21.6 Å². The number of carbonyl (C=O) groups is 1. The first-order chi connectivity index (χ1) is 14.8. The predicted molar refractivity (Wildman–Crippen MR) is 121 cm³/mol. The van der Waals surface area contributed by atoms with Gasteiger partial charge in [0.15, 0.2) is 6.79 Å². The summed E-state index contributed by atoms with van der Waals surface area (Å²) in [5, 5.41) is 13.0. The van der Waals surface area contributed by atoms with Crippen molar-refractivity contribution in [2.45, 2.75) is 51.7 Å². The molecule has 1 N–H and O–H groups in total. The summed E-state index contributed by atoms with van der Waals surface area (Å²) in [7, 11) is 1.59. The van der Waals surface area contributed by atoms with Crippen LogP contribution in [0.1, 0.15) is 37.6 Å². The molecule has 1 atom stereocenters. The molecule has 0 aliphatic heterocycles. The van der Waals surface area contributed by atoms with E-state index in [-0.39, 0.29) is 18.9 Å². The summed E-state index contributed by atoms with van der Waals surface area (Å²) in [6.45, 7) is 5.77. The number of aromatic nitrogens is 2. The van der Waals surface area contributed by atoms with E-state index in [1.165, 1.54) is 10.4 Å². The fourth-order valence-corrected chi connectivity index (χ4v) is 4.88. The fourth-order valence-electron chi connectivity index (χ4n) is 3.74. The molecule has 1 aromatic carbocycles. The molecule has 0 spiro atoms. The Morgan fingerprint density at radius 1 is 1.26 bits per heavy atom. The minimum Gasteiger partial charge on any atom is -0.467 e. The van der Waals surface area contributed by atoms with E-state index in [9.17, 15) is 4.79 Å². The number of aryl methyl sites for hydroxylation is 1. The van der Waals surface area contributed by atoms with Crippen molar-refractivity contribution in [3.05, 3.63) is 40.8 Å². The van der Waals surface area contributed by atoms with Crippen LogP contribution in [0.15, 0.2) is 30.3 Å². The average Bonchev–Trinajstić information content (AvgIpc) is 3.08. The third kappa shape index (κ3) is 4.97. The highest BCUT2D eigenvalue weighted by Gasteiger charge is 2.27. The number of rotatable bonds is 5. The van der Waals surface area contributed by atoms with Crippen LogP contribution in [0.5, 0.6) is 5.75 Å². The Morgan fingerprint density at radius 3 is 2.84 bits per heavy atom. The van der Waals surface area contributed by atoms with Gasteiger partial charge in [-0.1, -0.05) is 12.1 Å². The zero-order chi connectivity index (χ0) is 22.0. The van der Waals surface area contributed by atoms with E-state index in [1.807, 2.05) is 45.0 Å². The van der Waals surface area contributed by atoms with Crippen LogP contribution in [-0.4, -0.2) is 41.8 Å². The number of alkyl carbamates (subject to hydrolysis) is 1. The number of nitrogens with one attached hydrogen (secondary N) is 1. The van der Waals surface area contributed by atoms with Crippen molar-refractivity contribution in [3.8, 4) is 17.0 Å². The summed E-state index contributed by atoms with van der Waals surface area (Å²) < 4.78 is 16.2.